The van der Waals surface area contributed by atoms with E-state index in [0.29, 0.717) is 4.77 Å². The predicted molar refractivity (Wildman–Crippen MR) is 40.2 cm³/mol. The zero-order valence-corrected chi connectivity index (χ0v) is 7.07. The van der Waals surface area contributed by atoms with Gasteiger partial charge in [-0.05, 0) is 38.2 Å². The van der Waals surface area contributed by atoms with Crippen molar-refractivity contribution in [2.24, 2.45) is 0 Å². The molecular weight excluding hydrogens is 148 g/mol. The molecule has 0 fully saturated rings. The van der Waals surface area contributed by atoms with E-state index < -0.39 is 0 Å². The SMILES string of the molecule is CC(C)(C)n1nnc(=S)[nH]1. The highest BCUT2D eigenvalue weighted by molar-refractivity contribution is 7.71. The molecule has 1 heterocycles. The molecule has 0 amide bonds. The van der Waals surface area contributed by atoms with Crippen LogP contribution in [0, 0.1) is 4.77 Å². The van der Waals surface area contributed by atoms with Crippen LogP contribution in [-0.4, -0.2) is 20.2 Å². The van der Waals surface area contributed by atoms with Crippen LogP contribution in [-0.2, 0) is 5.54 Å². The van der Waals surface area contributed by atoms with Crippen LogP contribution >= 0.6 is 12.2 Å². The topological polar surface area (TPSA) is 46.5 Å². The second-order valence-corrected chi connectivity index (χ2v) is 3.48. The van der Waals surface area contributed by atoms with E-state index in [1.54, 1.807) is 4.80 Å². The Balaban J connectivity index is 3.07. The Hall–Kier alpha value is -0.710. The summed E-state index contributed by atoms with van der Waals surface area (Å²) in [5.74, 6) is 0. The van der Waals surface area contributed by atoms with E-state index in [2.05, 4.69) is 15.4 Å². The summed E-state index contributed by atoms with van der Waals surface area (Å²) in [6, 6.07) is 0. The average Bonchev–Trinajstić information content (AvgIpc) is 2.11. The number of aromatic amines is 1. The molecular formula is C5H10N4S. The Morgan fingerprint density at radius 1 is 1.50 bits per heavy atom. The number of hydrogen-bond donors (Lipinski definition) is 1. The molecule has 0 aromatic carbocycles. The molecule has 1 aromatic rings. The molecule has 10 heavy (non-hydrogen) atoms. The van der Waals surface area contributed by atoms with Crippen molar-refractivity contribution in [3.05, 3.63) is 4.77 Å². The van der Waals surface area contributed by atoms with Gasteiger partial charge >= 0.3 is 0 Å². The minimum absolute atomic E-state index is 0.0654. The third-order valence-corrected chi connectivity index (χ3v) is 1.23. The molecule has 0 bridgehead atoms. The van der Waals surface area contributed by atoms with Crippen LogP contribution in [0.5, 0.6) is 0 Å². The number of nitrogens with one attached hydrogen (secondary N) is 1. The van der Waals surface area contributed by atoms with Crippen LogP contribution < -0.4 is 0 Å². The molecule has 0 aliphatic heterocycles. The molecule has 0 aliphatic carbocycles. The van der Waals surface area contributed by atoms with Gasteiger partial charge in [-0.25, -0.2) is 0 Å². The van der Waals surface area contributed by atoms with Crippen molar-refractivity contribution in [3.8, 4) is 0 Å². The molecule has 1 rings (SSSR count). The Kier molecular flexibility index (Phi) is 1.60. The zero-order chi connectivity index (χ0) is 7.78. The van der Waals surface area contributed by atoms with Crippen LogP contribution in [0.4, 0.5) is 0 Å². The van der Waals surface area contributed by atoms with Crippen molar-refractivity contribution < 1.29 is 0 Å². The number of H-pyrrole nitrogens is 1. The van der Waals surface area contributed by atoms with Gasteiger partial charge in [-0.2, -0.15) is 4.80 Å². The van der Waals surface area contributed by atoms with Crippen molar-refractivity contribution in [1.29, 1.82) is 0 Å². The molecule has 1 N–H and O–H groups in total. The fourth-order valence-electron chi connectivity index (χ4n) is 0.523. The number of hydrogen-bond acceptors (Lipinski definition) is 3. The summed E-state index contributed by atoms with van der Waals surface area (Å²) in [5, 5.41) is 10.3. The van der Waals surface area contributed by atoms with Crippen LogP contribution in [0.2, 0.25) is 0 Å². The standard InChI is InChI=1S/C5H10N4S/c1-5(2,3)9-7-4(10)6-8-9/h1-3H3,(H,7,10). The summed E-state index contributed by atoms with van der Waals surface area (Å²) in [5.41, 5.74) is -0.0654. The van der Waals surface area contributed by atoms with Gasteiger partial charge in [0.1, 0.15) is 0 Å². The molecule has 0 spiro atoms. The van der Waals surface area contributed by atoms with Crippen molar-refractivity contribution >= 4 is 12.2 Å². The first kappa shape index (κ1) is 7.40. The summed E-state index contributed by atoms with van der Waals surface area (Å²) in [4.78, 5) is 1.63. The van der Waals surface area contributed by atoms with Gasteiger partial charge in [0.2, 0.25) is 4.77 Å². The fourth-order valence-corrected chi connectivity index (χ4v) is 0.646. The monoisotopic (exact) mass is 158 g/mol. The van der Waals surface area contributed by atoms with E-state index in [1.807, 2.05) is 20.8 Å². The van der Waals surface area contributed by atoms with Gasteiger partial charge in [0.15, 0.2) is 0 Å². The van der Waals surface area contributed by atoms with Crippen molar-refractivity contribution in [2.45, 2.75) is 26.3 Å². The van der Waals surface area contributed by atoms with Gasteiger partial charge in [-0.15, -0.1) is 0 Å². The molecule has 0 unspecified atom stereocenters. The summed E-state index contributed by atoms with van der Waals surface area (Å²) in [6.45, 7) is 6.06. The normalized spacial score (nSPS) is 11.9. The lowest BCUT2D eigenvalue weighted by Crippen LogP contribution is -2.24. The highest BCUT2D eigenvalue weighted by atomic mass is 32.1. The third kappa shape index (κ3) is 1.41. The van der Waals surface area contributed by atoms with Crippen LogP contribution in [0.15, 0.2) is 0 Å². The molecule has 4 nitrogen and oxygen atoms in total. The van der Waals surface area contributed by atoms with Crippen LogP contribution in [0.3, 0.4) is 0 Å². The predicted octanol–water partition coefficient (Wildman–Crippen LogP) is 1.09. The zero-order valence-electron chi connectivity index (χ0n) is 6.25. The van der Waals surface area contributed by atoms with Gasteiger partial charge in [0.25, 0.3) is 0 Å². The van der Waals surface area contributed by atoms with Crippen LogP contribution in [0.25, 0.3) is 0 Å². The van der Waals surface area contributed by atoms with E-state index >= 15 is 0 Å². The minimum atomic E-state index is -0.0654. The third-order valence-electron chi connectivity index (χ3n) is 1.06. The maximum atomic E-state index is 4.75. The Bertz CT molecular complexity index is 266. The van der Waals surface area contributed by atoms with E-state index in [9.17, 15) is 0 Å². The number of nitrogens with zero attached hydrogens (tertiary/aromatic N) is 3. The number of rotatable bonds is 0. The molecule has 0 saturated carbocycles. The van der Waals surface area contributed by atoms with E-state index in [1.165, 1.54) is 0 Å². The molecule has 1 aromatic heterocycles. The van der Waals surface area contributed by atoms with E-state index in [0.717, 1.165) is 0 Å². The quantitative estimate of drug-likeness (QED) is 0.575. The molecule has 0 aliphatic rings. The van der Waals surface area contributed by atoms with Crippen LogP contribution in [0.1, 0.15) is 20.8 Å². The lowest BCUT2D eigenvalue weighted by atomic mass is 10.1. The molecule has 56 valence electrons. The summed E-state index contributed by atoms with van der Waals surface area (Å²) in [7, 11) is 0. The van der Waals surface area contributed by atoms with E-state index in [4.69, 9.17) is 12.2 Å². The van der Waals surface area contributed by atoms with Crippen molar-refractivity contribution in [1.82, 2.24) is 20.2 Å². The van der Waals surface area contributed by atoms with Crippen molar-refractivity contribution in [3.63, 3.8) is 0 Å². The first-order chi connectivity index (χ1) is 4.50. The molecule has 0 atom stereocenters. The lowest BCUT2D eigenvalue weighted by molar-refractivity contribution is 0.306. The van der Waals surface area contributed by atoms with Gasteiger partial charge in [0, 0.05) is 0 Å². The van der Waals surface area contributed by atoms with Gasteiger partial charge in [-0.3, -0.25) is 5.10 Å². The first-order valence-electron chi connectivity index (χ1n) is 3.02. The Morgan fingerprint density at radius 2 is 2.10 bits per heavy atom. The van der Waals surface area contributed by atoms with Gasteiger partial charge in [-0.1, -0.05) is 5.10 Å². The summed E-state index contributed by atoms with van der Waals surface area (Å²) >= 11 is 4.75. The maximum Gasteiger partial charge on any atom is 0.235 e. The number of tetrazole rings is 1. The summed E-state index contributed by atoms with van der Waals surface area (Å²) < 4.78 is 0.426. The minimum Gasteiger partial charge on any atom is -0.253 e. The second-order valence-electron chi connectivity index (χ2n) is 3.09. The fraction of sp³-hybridized carbons (Fsp3) is 0.800. The number of aromatic nitrogens is 4. The Labute approximate surface area is 64.2 Å². The molecule has 0 radical (unpaired) electrons. The smallest absolute Gasteiger partial charge is 0.235 e. The highest BCUT2D eigenvalue weighted by Gasteiger charge is 2.13. The average molecular weight is 158 g/mol. The highest BCUT2D eigenvalue weighted by Crippen LogP contribution is 2.07. The lowest BCUT2D eigenvalue weighted by Gasteiger charge is -2.16. The second kappa shape index (κ2) is 2.16. The largest absolute Gasteiger partial charge is 0.253 e. The first-order valence-corrected chi connectivity index (χ1v) is 3.43. The van der Waals surface area contributed by atoms with Crippen molar-refractivity contribution in [2.75, 3.05) is 0 Å². The molecule has 5 heteroatoms. The summed E-state index contributed by atoms with van der Waals surface area (Å²) in [6.07, 6.45) is 0. The van der Waals surface area contributed by atoms with Gasteiger partial charge in [0.05, 0.1) is 5.54 Å². The van der Waals surface area contributed by atoms with E-state index in [-0.39, 0.29) is 5.54 Å². The molecule has 0 saturated heterocycles. The Morgan fingerprint density at radius 3 is 2.30 bits per heavy atom. The maximum absolute atomic E-state index is 4.75. The van der Waals surface area contributed by atoms with Gasteiger partial charge < -0.3 is 0 Å².